The molecule has 0 bridgehead atoms. The predicted molar refractivity (Wildman–Crippen MR) is 155 cm³/mol. The Bertz CT molecular complexity index is 1580. The highest BCUT2D eigenvalue weighted by atomic mass is 16.5. The summed E-state index contributed by atoms with van der Waals surface area (Å²) >= 11 is 0. The average molecular weight is 512 g/mol. The van der Waals surface area contributed by atoms with Crippen LogP contribution in [0.3, 0.4) is 0 Å². The van der Waals surface area contributed by atoms with Gasteiger partial charge in [-0.25, -0.2) is 9.78 Å². The SMILES string of the molecule is COC(=O)c1cccc(-c2cccc(CC3CCC=C3c3nc(-c4ccccc4)c(-c4ccccc4)o3)c2)c1. The molecule has 0 amide bonds. The molecule has 0 aliphatic heterocycles. The summed E-state index contributed by atoms with van der Waals surface area (Å²) in [4.78, 5) is 17.1. The predicted octanol–water partition coefficient (Wildman–Crippen LogP) is 8.50. The largest absolute Gasteiger partial charge is 0.465 e. The highest BCUT2D eigenvalue weighted by Crippen LogP contribution is 2.41. The van der Waals surface area contributed by atoms with Crippen LogP contribution < -0.4 is 0 Å². The van der Waals surface area contributed by atoms with Crippen molar-refractivity contribution in [1.29, 1.82) is 0 Å². The van der Waals surface area contributed by atoms with E-state index in [1.165, 1.54) is 18.2 Å². The van der Waals surface area contributed by atoms with Crippen molar-refractivity contribution >= 4 is 11.5 Å². The van der Waals surface area contributed by atoms with Crippen LogP contribution in [-0.4, -0.2) is 18.1 Å². The zero-order chi connectivity index (χ0) is 26.6. The van der Waals surface area contributed by atoms with Crippen LogP contribution in [0.2, 0.25) is 0 Å². The number of benzene rings is 4. The molecule has 1 aliphatic carbocycles. The topological polar surface area (TPSA) is 52.3 Å². The number of hydrogen-bond donors (Lipinski definition) is 0. The molecule has 39 heavy (non-hydrogen) atoms. The molecule has 1 unspecified atom stereocenters. The standard InChI is InChI=1S/C35H29NO3/c1-38-35(37)30-19-9-17-28(23-30)27-16-8-11-24(21-27)22-29-18-10-20-31(29)34-36-32(25-12-4-2-5-13-25)33(39-34)26-14-6-3-7-15-26/h2-9,11-17,19-21,23,29H,10,18,22H2,1H3. The van der Waals surface area contributed by atoms with Crippen molar-refractivity contribution in [2.24, 2.45) is 5.92 Å². The number of rotatable bonds is 7. The lowest BCUT2D eigenvalue weighted by Gasteiger charge is -2.14. The van der Waals surface area contributed by atoms with Gasteiger partial charge >= 0.3 is 5.97 Å². The Morgan fingerprint density at radius 1 is 0.821 bits per heavy atom. The number of carbonyl (C=O) groups excluding carboxylic acids is 1. The highest BCUT2D eigenvalue weighted by Gasteiger charge is 2.27. The van der Waals surface area contributed by atoms with Crippen LogP contribution in [0.1, 0.15) is 34.7 Å². The molecule has 1 heterocycles. The first-order valence-electron chi connectivity index (χ1n) is 13.3. The van der Waals surface area contributed by atoms with Crippen molar-refractivity contribution in [2.75, 3.05) is 7.11 Å². The van der Waals surface area contributed by atoms with Crippen molar-refractivity contribution in [3.05, 3.63) is 132 Å². The van der Waals surface area contributed by atoms with Crippen molar-refractivity contribution in [3.63, 3.8) is 0 Å². The van der Waals surface area contributed by atoms with E-state index in [1.54, 1.807) is 6.07 Å². The summed E-state index contributed by atoms with van der Waals surface area (Å²) in [6.07, 6.45) is 5.23. The van der Waals surface area contributed by atoms with E-state index in [2.05, 4.69) is 54.6 Å². The van der Waals surface area contributed by atoms with Crippen molar-refractivity contribution in [3.8, 4) is 33.7 Å². The number of carbonyl (C=O) groups is 1. The van der Waals surface area contributed by atoms with Gasteiger partial charge in [-0.1, -0.05) is 103 Å². The fourth-order valence-corrected chi connectivity index (χ4v) is 5.36. The summed E-state index contributed by atoms with van der Waals surface area (Å²) in [5.41, 5.74) is 7.98. The first kappa shape index (κ1) is 24.6. The van der Waals surface area contributed by atoms with E-state index in [4.69, 9.17) is 14.1 Å². The van der Waals surface area contributed by atoms with Crippen LogP contribution in [0, 0.1) is 5.92 Å². The minimum atomic E-state index is -0.329. The van der Waals surface area contributed by atoms with E-state index in [0.29, 0.717) is 17.4 Å². The summed E-state index contributed by atoms with van der Waals surface area (Å²) in [6.45, 7) is 0. The van der Waals surface area contributed by atoms with Gasteiger partial charge in [0.1, 0.15) is 5.69 Å². The third-order valence-corrected chi connectivity index (χ3v) is 7.30. The van der Waals surface area contributed by atoms with E-state index in [1.807, 2.05) is 54.6 Å². The van der Waals surface area contributed by atoms with Gasteiger partial charge in [0, 0.05) is 16.7 Å². The van der Waals surface area contributed by atoms with Crippen LogP contribution >= 0.6 is 0 Å². The number of aromatic nitrogens is 1. The van der Waals surface area contributed by atoms with Gasteiger partial charge in [0.25, 0.3) is 0 Å². The minimum Gasteiger partial charge on any atom is -0.465 e. The Morgan fingerprint density at radius 3 is 2.23 bits per heavy atom. The average Bonchev–Trinajstić information content (AvgIpc) is 3.65. The lowest BCUT2D eigenvalue weighted by molar-refractivity contribution is 0.0601. The normalized spacial score (nSPS) is 14.7. The first-order chi connectivity index (χ1) is 19.2. The zero-order valence-electron chi connectivity index (χ0n) is 21.8. The lowest BCUT2D eigenvalue weighted by Crippen LogP contribution is -2.04. The highest BCUT2D eigenvalue weighted by molar-refractivity contribution is 5.91. The fourth-order valence-electron chi connectivity index (χ4n) is 5.36. The number of oxazole rings is 1. The first-order valence-corrected chi connectivity index (χ1v) is 13.3. The quantitative estimate of drug-likeness (QED) is 0.206. The lowest BCUT2D eigenvalue weighted by atomic mass is 9.91. The molecule has 0 N–H and O–H groups in total. The third kappa shape index (κ3) is 5.19. The molecular formula is C35H29NO3. The molecule has 5 aromatic rings. The second-order valence-electron chi connectivity index (χ2n) is 9.84. The van der Waals surface area contributed by atoms with E-state index in [9.17, 15) is 4.79 Å². The summed E-state index contributed by atoms with van der Waals surface area (Å²) in [5, 5.41) is 0. The Kier molecular flexibility index (Phi) is 6.92. The van der Waals surface area contributed by atoms with E-state index in [-0.39, 0.29) is 5.97 Å². The molecule has 192 valence electrons. The molecule has 4 heteroatoms. The van der Waals surface area contributed by atoms with Gasteiger partial charge in [-0.05, 0) is 54.0 Å². The maximum atomic E-state index is 12.0. The smallest absolute Gasteiger partial charge is 0.337 e. The Labute approximate surface area is 228 Å². The molecule has 0 saturated carbocycles. The zero-order valence-corrected chi connectivity index (χ0v) is 21.8. The monoisotopic (exact) mass is 511 g/mol. The summed E-state index contributed by atoms with van der Waals surface area (Å²) in [7, 11) is 1.40. The molecule has 4 aromatic carbocycles. The summed E-state index contributed by atoms with van der Waals surface area (Å²) in [6, 6.07) is 36.6. The van der Waals surface area contributed by atoms with Gasteiger partial charge in [0.05, 0.1) is 12.7 Å². The summed E-state index contributed by atoms with van der Waals surface area (Å²) in [5.74, 6) is 1.49. The molecule has 1 aliphatic rings. The molecule has 0 saturated heterocycles. The van der Waals surface area contributed by atoms with Crippen molar-refractivity contribution in [1.82, 2.24) is 4.98 Å². The van der Waals surface area contributed by atoms with Gasteiger partial charge in [-0.3, -0.25) is 0 Å². The fraction of sp³-hybridized carbons (Fsp3) is 0.143. The third-order valence-electron chi connectivity index (χ3n) is 7.30. The van der Waals surface area contributed by atoms with Gasteiger partial charge < -0.3 is 9.15 Å². The Balaban J connectivity index is 1.30. The van der Waals surface area contributed by atoms with Crippen LogP contribution in [0.15, 0.2) is 120 Å². The maximum absolute atomic E-state index is 12.0. The van der Waals surface area contributed by atoms with Crippen LogP contribution in [0.25, 0.3) is 39.3 Å². The molecule has 1 aromatic heterocycles. The van der Waals surface area contributed by atoms with E-state index >= 15 is 0 Å². The van der Waals surface area contributed by atoms with Crippen LogP contribution in [0.4, 0.5) is 0 Å². The number of methoxy groups -OCH3 is 1. The molecular weight excluding hydrogens is 482 g/mol. The number of ether oxygens (including phenoxy) is 1. The molecule has 0 fully saturated rings. The van der Waals surface area contributed by atoms with E-state index in [0.717, 1.165) is 53.0 Å². The number of allylic oxidation sites excluding steroid dienone is 2. The van der Waals surface area contributed by atoms with E-state index < -0.39 is 0 Å². The number of esters is 1. The second kappa shape index (κ2) is 11.0. The Hall–Kier alpha value is -4.70. The van der Waals surface area contributed by atoms with Crippen molar-refractivity contribution in [2.45, 2.75) is 19.3 Å². The van der Waals surface area contributed by atoms with Gasteiger partial charge in [0.15, 0.2) is 5.76 Å². The maximum Gasteiger partial charge on any atom is 0.337 e. The van der Waals surface area contributed by atoms with Gasteiger partial charge in [0.2, 0.25) is 5.89 Å². The minimum absolute atomic E-state index is 0.313. The molecule has 4 nitrogen and oxygen atoms in total. The van der Waals surface area contributed by atoms with Gasteiger partial charge in [-0.15, -0.1) is 0 Å². The summed E-state index contributed by atoms with van der Waals surface area (Å²) < 4.78 is 11.4. The second-order valence-corrected chi connectivity index (χ2v) is 9.84. The molecule has 0 spiro atoms. The Morgan fingerprint density at radius 2 is 1.49 bits per heavy atom. The van der Waals surface area contributed by atoms with Crippen molar-refractivity contribution < 1.29 is 13.9 Å². The molecule has 6 rings (SSSR count). The number of nitrogens with zero attached hydrogens (tertiary/aromatic N) is 1. The number of hydrogen-bond acceptors (Lipinski definition) is 4. The van der Waals surface area contributed by atoms with Gasteiger partial charge in [-0.2, -0.15) is 0 Å². The molecule has 0 radical (unpaired) electrons. The molecule has 1 atom stereocenters. The van der Waals surface area contributed by atoms with Crippen LogP contribution in [0.5, 0.6) is 0 Å². The van der Waals surface area contributed by atoms with Crippen LogP contribution in [-0.2, 0) is 11.2 Å².